The van der Waals surface area contributed by atoms with Crippen molar-refractivity contribution >= 4 is 65.6 Å². The van der Waals surface area contributed by atoms with Gasteiger partial charge in [0.15, 0.2) is 0 Å². The van der Waals surface area contributed by atoms with Crippen molar-refractivity contribution in [3.8, 4) is 11.5 Å². The molecule has 4 rings (SSSR count). The highest BCUT2D eigenvalue weighted by molar-refractivity contribution is 9.11. The number of benzene rings is 2. The number of halogens is 2. The number of esters is 1. The van der Waals surface area contributed by atoms with Gasteiger partial charge in [-0.2, -0.15) is 0 Å². The van der Waals surface area contributed by atoms with Gasteiger partial charge < -0.3 is 19.3 Å². The Labute approximate surface area is 212 Å². The second-order valence-electron chi connectivity index (χ2n) is 6.76. The average Bonchev–Trinajstić information content (AvgIpc) is 2.84. The van der Waals surface area contributed by atoms with Crippen LogP contribution in [0, 0.1) is 0 Å². The molecule has 0 bridgehead atoms. The van der Waals surface area contributed by atoms with Crippen LogP contribution in [0.15, 0.2) is 57.7 Å². The van der Waals surface area contributed by atoms with Crippen LogP contribution in [0.5, 0.6) is 11.5 Å². The van der Waals surface area contributed by atoms with Gasteiger partial charge in [0.05, 0.1) is 43.0 Å². The lowest BCUT2D eigenvalue weighted by molar-refractivity contribution is 0.0524. The summed E-state index contributed by atoms with van der Waals surface area (Å²) < 4.78 is 16.4. The van der Waals surface area contributed by atoms with Crippen LogP contribution < -0.4 is 9.47 Å². The van der Waals surface area contributed by atoms with Gasteiger partial charge in [0.1, 0.15) is 11.5 Å². The normalized spacial score (nSPS) is 10.4. The Morgan fingerprint density at radius 2 is 1.32 bits per heavy atom. The first-order chi connectivity index (χ1) is 16.3. The van der Waals surface area contributed by atoms with E-state index in [1.165, 1.54) is 12.4 Å². The van der Waals surface area contributed by atoms with Gasteiger partial charge >= 0.3 is 11.9 Å². The van der Waals surface area contributed by atoms with Gasteiger partial charge in [-0.3, -0.25) is 9.97 Å². The standard InChI is InChI=1S/C13H12BrNO3.C11H8BrNO3/c1-3-18-13(16)10-7-15-11-5-4-8(17-2)6-9(11)12(10)14;1-16-6-2-3-9-7(4-6)10(12)8(5-13-9)11(14)15/h4-7H,3H2,1-2H3;2-5H,1H3,(H,14,15). The zero-order valence-corrected chi connectivity index (χ0v) is 21.6. The van der Waals surface area contributed by atoms with Crippen LogP contribution in [-0.2, 0) is 4.74 Å². The summed E-state index contributed by atoms with van der Waals surface area (Å²) in [7, 11) is 3.15. The number of carbonyl (C=O) groups is 2. The quantitative estimate of drug-likeness (QED) is 0.286. The van der Waals surface area contributed by atoms with Gasteiger partial charge in [0, 0.05) is 32.1 Å². The van der Waals surface area contributed by atoms with Crippen molar-refractivity contribution in [2.24, 2.45) is 0 Å². The lowest BCUT2D eigenvalue weighted by atomic mass is 10.1. The Kier molecular flexibility index (Phi) is 8.41. The number of fused-ring (bicyclic) bond motifs is 2. The largest absolute Gasteiger partial charge is 0.497 e. The Bertz CT molecular complexity index is 1380. The van der Waals surface area contributed by atoms with Gasteiger partial charge in [-0.25, -0.2) is 9.59 Å². The van der Waals surface area contributed by atoms with Crippen LogP contribution in [0.1, 0.15) is 27.6 Å². The third kappa shape index (κ3) is 5.45. The van der Waals surface area contributed by atoms with E-state index in [4.69, 9.17) is 19.3 Å². The monoisotopic (exact) mass is 590 g/mol. The number of ether oxygens (including phenoxy) is 3. The molecule has 2 heterocycles. The number of pyridine rings is 2. The maximum atomic E-state index is 11.7. The molecule has 4 aromatic rings. The maximum absolute atomic E-state index is 11.7. The second-order valence-corrected chi connectivity index (χ2v) is 8.35. The maximum Gasteiger partial charge on any atom is 0.340 e. The Hall–Kier alpha value is -3.24. The van der Waals surface area contributed by atoms with Crippen LogP contribution in [-0.4, -0.2) is 47.8 Å². The van der Waals surface area contributed by atoms with Crippen LogP contribution in [0.3, 0.4) is 0 Å². The van der Waals surface area contributed by atoms with Crippen molar-refractivity contribution in [1.29, 1.82) is 0 Å². The summed E-state index contributed by atoms with van der Waals surface area (Å²) in [6.45, 7) is 2.10. The van der Waals surface area contributed by atoms with Crippen LogP contribution in [0.25, 0.3) is 21.8 Å². The SMILES string of the molecule is CCOC(=O)c1cnc2ccc(OC)cc2c1Br.COc1ccc2ncc(C(=O)O)c(Br)c2c1. The molecule has 0 amide bonds. The van der Waals surface area contributed by atoms with Crippen molar-refractivity contribution in [3.63, 3.8) is 0 Å². The van der Waals surface area contributed by atoms with Crippen molar-refractivity contribution in [1.82, 2.24) is 9.97 Å². The highest BCUT2D eigenvalue weighted by Gasteiger charge is 2.15. The van der Waals surface area contributed by atoms with Crippen LogP contribution >= 0.6 is 31.9 Å². The topological polar surface area (TPSA) is 108 Å². The molecule has 2 aromatic carbocycles. The molecule has 0 aliphatic carbocycles. The van der Waals surface area contributed by atoms with E-state index >= 15 is 0 Å². The first kappa shape index (κ1) is 25.4. The number of aromatic nitrogens is 2. The van der Waals surface area contributed by atoms with Gasteiger partial charge in [-0.1, -0.05) is 0 Å². The predicted molar refractivity (Wildman–Crippen MR) is 135 cm³/mol. The summed E-state index contributed by atoms with van der Waals surface area (Å²) in [5, 5.41) is 10.5. The van der Waals surface area contributed by atoms with Crippen molar-refractivity contribution < 1.29 is 28.9 Å². The second kappa shape index (κ2) is 11.3. The summed E-state index contributed by atoms with van der Waals surface area (Å²) >= 11 is 6.69. The van der Waals surface area contributed by atoms with Gasteiger partial charge in [-0.05, 0) is 75.2 Å². The molecule has 1 N–H and O–H groups in total. The van der Waals surface area contributed by atoms with Crippen LogP contribution in [0.4, 0.5) is 0 Å². The predicted octanol–water partition coefficient (Wildman–Crippen LogP) is 5.89. The molecule has 0 aliphatic heterocycles. The number of methoxy groups -OCH3 is 2. The minimum Gasteiger partial charge on any atom is -0.497 e. The zero-order valence-electron chi connectivity index (χ0n) is 18.5. The molecule has 0 saturated carbocycles. The molecular weight excluding hydrogens is 572 g/mol. The minimum atomic E-state index is -1.01. The Morgan fingerprint density at radius 3 is 1.76 bits per heavy atom. The molecule has 0 radical (unpaired) electrons. The van der Waals surface area contributed by atoms with E-state index < -0.39 is 5.97 Å². The average molecular weight is 592 g/mol. The molecular formula is C24H20Br2N2O6. The molecule has 0 spiro atoms. The molecule has 8 nitrogen and oxygen atoms in total. The summed E-state index contributed by atoms with van der Waals surface area (Å²) in [6.07, 6.45) is 2.85. The van der Waals surface area contributed by atoms with E-state index in [-0.39, 0.29) is 11.5 Å². The summed E-state index contributed by atoms with van der Waals surface area (Å²) in [5.41, 5.74) is 2.06. The number of carboxylic acid groups (broad SMARTS) is 1. The van der Waals surface area contributed by atoms with Crippen molar-refractivity contribution in [2.45, 2.75) is 6.92 Å². The fraction of sp³-hybridized carbons (Fsp3) is 0.167. The molecule has 0 fully saturated rings. The van der Waals surface area contributed by atoms with Gasteiger partial charge in [-0.15, -0.1) is 0 Å². The van der Waals surface area contributed by atoms with E-state index in [9.17, 15) is 9.59 Å². The number of carboxylic acids is 1. The molecule has 2 aromatic heterocycles. The van der Waals surface area contributed by atoms with Gasteiger partial charge in [0.25, 0.3) is 0 Å². The van der Waals surface area contributed by atoms with E-state index in [1.54, 1.807) is 39.3 Å². The number of nitrogens with zero attached hydrogens (tertiary/aromatic N) is 2. The third-order valence-electron chi connectivity index (χ3n) is 4.74. The smallest absolute Gasteiger partial charge is 0.340 e. The zero-order chi connectivity index (χ0) is 24.8. The Morgan fingerprint density at radius 1 is 0.853 bits per heavy atom. The number of hydrogen-bond acceptors (Lipinski definition) is 7. The van der Waals surface area contributed by atoms with E-state index in [0.717, 1.165) is 21.8 Å². The first-order valence-corrected chi connectivity index (χ1v) is 11.5. The van der Waals surface area contributed by atoms with E-state index in [0.29, 0.717) is 32.6 Å². The number of rotatable bonds is 5. The van der Waals surface area contributed by atoms with Crippen LogP contribution in [0.2, 0.25) is 0 Å². The van der Waals surface area contributed by atoms with Crippen molar-refractivity contribution in [2.75, 3.05) is 20.8 Å². The molecule has 0 unspecified atom stereocenters. The van der Waals surface area contributed by atoms with E-state index in [1.807, 2.05) is 18.2 Å². The molecule has 10 heteroatoms. The molecule has 0 aliphatic rings. The molecule has 0 saturated heterocycles. The molecule has 176 valence electrons. The summed E-state index contributed by atoms with van der Waals surface area (Å²) in [5.74, 6) is -0.0192. The highest BCUT2D eigenvalue weighted by Crippen LogP contribution is 2.30. The lowest BCUT2D eigenvalue weighted by Gasteiger charge is -2.08. The van der Waals surface area contributed by atoms with E-state index in [2.05, 4.69) is 41.8 Å². The summed E-state index contributed by atoms with van der Waals surface area (Å²) in [6, 6.07) is 10.8. The third-order valence-corrected chi connectivity index (χ3v) is 6.45. The number of hydrogen-bond donors (Lipinski definition) is 1. The molecule has 0 atom stereocenters. The fourth-order valence-corrected chi connectivity index (χ4v) is 4.20. The van der Waals surface area contributed by atoms with Crippen molar-refractivity contribution in [3.05, 3.63) is 68.9 Å². The molecule has 34 heavy (non-hydrogen) atoms. The fourth-order valence-electron chi connectivity index (χ4n) is 3.03. The number of carbonyl (C=O) groups excluding carboxylic acids is 1. The lowest BCUT2D eigenvalue weighted by Crippen LogP contribution is -2.06. The Balaban J connectivity index is 0.000000192. The minimum absolute atomic E-state index is 0.140. The summed E-state index contributed by atoms with van der Waals surface area (Å²) in [4.78, 5) is 31.0. The number of aromatic carboxylic acids is 1. The highest BCUT2D eigenvalue weighted by atomic mass is 79.9. The van der Waals surface area contributed by atoms with Gasteiger partial charge in [0.2, 0.25) is 0 Å². The first-order valence-electron chi connectivity index (χ1n) is 9.95.